The predicted molar refractivity (Wildman–Crippen MR) is 109 cm³/mol. The maximum absolute atomic E-state index is 10.2. The number of hydrogen-bond acceptors (Lipinski definition) is 6. The van der Waals surface area contributed by atoms with E-state index >= 15 is 0 Å². The molecule has 0 radical (unpaired) electrons. The van der Waals surface area contributed by atoms with Crippen LogP contribution in [0.1, 0.15) is 36.6 Å². The van der Waals surface area contributed by atoms with E-state index in [2.05, 4.69) is 16.8 Å². The van der Waals surface area contributed by atoms with Crippen molar-refractivity contribution in [3.63, 3.8) is 0 Å². The molecule has 6 heteroatoms. The Hall–Kier alpha value is -2.05. The fraction of sp³-hybridized carbons (Fsp3) is 0.476. The van der Waals surface area contributed by atoms with Gasteiger partial charge in [0.25, 0.3) is 0 Å². The zero-order chi connectivity index (χ0) is 18.4. The van der Waals surface area contributed by atoms with Crippen LogP contribution in [0.4, 0.5) is 5.82 Å². The van der Waals surface area contributed by atoms with Gasteiger partial charge in [0.15, 0.2) is 5.82 Å². The molecule has 27 heavy (non-hydrogen) atoms. The molecule has 5 rings (SSSR count). The molecular weight excluding hydrogens is 356 g/mol. The zero-order valence-electron chi connectivity index (χ0n) is 15.6. The first-order valence-corrected chi connectivity index (χ1v) is 10.7. The van der Waals surface area contributed by atoms with Crippen LogP contribution >= 0.6 is 11.3 Å². The quantitative estimate of drug-likeness (QED) is 0.732. The molecule has 1 aliphatic heterocycles. The van der Waals surface area contributed by atoms with Crippen LogP contribution in [0, 0.1) is 5.92 Å². The van der Waals surface area contributed by atoms with E-state index in [0.717, 1.165) is 60.2 Å². The second kappa shape index (κ2) is 6.84. The number of pyridine rings is 1. The highest BCUT2D eigenvalue weighted by molar-refractivity contribution is 7.19. The van der Waals surface area contributed by atoms with E-state index < -0.39 is 0 Å². The van der Waals surface area contributed by atoms with E-state index in [1.165, 1.54) is 22.2 Å². The lowest BCUT2D eigenvalue weighted by molar-refractivity contribution is 0.154. The Balaban J connectivity index is 1.71. The Labute approximate surface area is 163 Å². The predicted octanol–water partition coefficient (Wildman–Crippen LogP) is 3.84. The molecule has 2 atom stereocenters. The number of aromatic nitrogens is 3. The minimum absolute atomic E-state index is 0.278. The van der Waals surface area contributed by atoms with Crippen LogP contribution in [-0.4, -0.2) is 39.3 Å². The third-order valence-electron chi connectivity index (χ3n) is 5.75. The fourth-order valence-corrected chi connectivity index (χ4v) is 5.70. The molecular formula is C21H24N4OS. The average Bonchev–Trinajstić information content (AvgIpc) is 3.05. The lowest BCUT2D eigenvalue weighted by Gasteiger charge is -2.32. The van der Waals surface area contributed by atoms with Crippen LogP contribution in [0.2, 0.25) is 0 Å². The van der Waals surface area contributed by atoms with Gasteiger partial charge in [-0.25, -0.2) is 9.97 Å². The van der Waals surface area contributed by atoms with Crippen LogP contribution in [0.5, 0.6) is 0 Å². The number of rotatable bonds is 2. The second-order valence-corrected chi connectivity index (χ2v) is 8.97. The first kappa shape index (κ1) is 17.1. The number of aliphatic hydroxyl groups excluding tert-OH is 1. The van der Waals surface area contributed by atoms with Gasteiger partial charge in [-0.15, -0.1) is 11.3 Å². The van der Waals surface area contributed by atoms with E-state index in [1.54, 1.807) is 6.20 Å². The number of hydrogen-bond donors (Lipinski definition) is 1. The SMILES string of the molecule is C[C@H]1CCc2c(sc3nc(-c4cccnc4)nc(N4CCC[C@H](O)C4)c23)C1. The largest absolute Gasteiger partial charge is 0.391 e. The number of nitrogens with zero attached hydrogens (tertiary/aromatic N) is 4. The molecule has 2 aliphatic rings. The molecule has 0 amide bonds. The summed E-state index contributed by atoms with van der Waals surface area (Å²) in [6, 6.07) is 3.94. The molecule has 1 saturated heterocycles. The van der Waals surface area contributed by atoms with Crippen LogP contribution in [0.3, 0.4) is 0 Å². The number of fused-ring (bicyclic) bond motifs is 3. The van der Waals surface area contributed by atoms with Gasteiger partial charge in [0.2, 0.25) is 0 Å². The molecule has 3 aromatic rings. The number of piperidine rings is 1. The van der Waals surface area contributed by atoms with Crippen LogP contribution in [-0.2, 0) is 12.8 Å². The van der Waals surface area contributed by atoms with Gasteiger partial charge in [-0.2, -0.15) is 0 Å². The van der Waals surface area contributed by atoms with E-state index in [4.69, 9.17) is 9.97 Å². The molecule has 3 aromatic heterocycles. The summed E-state index contributed by atoms with van der Waals surface area (Å²) in [5.41, 5.74) is 2.39. The van der Waals surface area contributed by atoms with Crippen molar-refractivity contribution >= 4 is 27.4 Å². The van der Waals surface area contributed by atoms with Crippen molar-refractivity contribution in [1.29, 1.82) is 0 Å². The smallest absolute Gasteiger partial charge is 0.164 e. The zero-order valence-corrected chi connectivity index (χ0v) is 16.4. The second-order valence-electron chi connectivity index (χ2n) is 7.89. The molecule has 140 valence electrons. The third kappa shape index (κ3) is 3.11. The highest BCUT2D eigenvalue weighted by Crippen LogP contribution is 2.42. The van der Waals surface area contributed by atoms with Gasteiger partial charge in [0.05, 0.1) is 11.5 Å². The normalized spacial score (nSPS) is 22.8. The highest BCUT2D eigenvalue weighted by atomic mass is 32.1. The lowest BCUT2D eigenvalue weighted by atomic mass is 9.89. The van der Waals surface area contributed by atoms with Gasteiger partial charge in [-0.05, 0) is 55.7 Å². The summed E-state index contributed by atoms with van der Waals surface area (Å²) < 4.78 is 0. The molecule has 1 aliphatic carbocycles. The standard InChI is InChI=1S/C21H24N4OS/c1-13-6-7-16-17(10-13)27-21-18(16)20(25-9-3-5-15(26)12-25)23-19(24-21)14-4-2-8-22-11-14/h2,4,8,11,13,15,26H,3,5-7,9-10,12H2,1H3/t13-,15-/m0/s1. The Bertz CT molecular complexity index is 971. The minimum atomic E-state index is -0.278. The van der Waals surface area contributed by atoms with Gasteiger partial charge in [-0.3, -0.25) is 4.98 Å². The first-order chi connectivity index (χ1) is 13.2. The molecule has 5 nitrogen and oxygen atoms in total. The maximum atomic E-state index is 10.2. The van der Waals surface area contributed by atoms with Crippen molar-refractivity contribution in [3.8, 4) is 11.4 Å². The number of aliphatic hydroxyl groups is 1. The average molecular weight is 381 g/mol. The van der Waals surface area contributed by atoms with Crippen molar-refractivity contribution in [3.05, 3.63) is 35.0 Å². The van der Waals surface area contributed by atoms with Crippen LogP contribution < -0.4 is 4.90 Å². The van der Waals surface area contributed by atoms with E-state index in [1.807, 2.05) is 29.7 Å². The lowest BCUT2D eigenvalue weighted by Crippen LogP contribution is -2.39. The number of anilines is 1. The molecule has 0 bridgehead atoms. The summed E-state index contributed by atoms with van der Waals surface area (Å²) >= 11 is 1.83. The number of β-amino-alcohol motifs (C(OH)–C–C–N with tert-alkyl or cyclic N) is 1. The van der Waals surface area contributed by atoms with Crippen molar-refractivity contribution < 1.29 is 5.11 Å². The summed E-state index contributed by atoms with van der Waals surface area (Å²) in [5.74, 6) is 2.47. The van der Waals surface area contributed by atoms with E-state index in [-0.39, 0.29) is 6.10 Å². The highest BCUT2D eigenvalue weighted by Gasteiger charge is 2.28. The van der Waals surface area contributed by atoms with Gasteiger partial charge in [0, 0.05) is 35.9 Å². The summed E-state index contributed by atoms with van der Waals surface area (Å²) in [7, 11) is 0. The molecule has 1 N–H and O–H groups in total. The Morgan fingerprint density at radius 1 is 1.26 bits per heavy atom. The molecule has 4 heterocycles. The van der Waals surface area contributed by atoms with Gasteiger partial charge < -0.3 is 10.0 Å². The Kier molecular flexibility index (Phi) is 4.32. The summed E-state index contributed by atoms with van der Waals surface area (Å²) in [4.78, 5) is 19.0. The molecule has 0 saturated carbocycles. The summed E-state index contributed by atoms with van der Waals surface area (Å²) in [6.45, 7) is 3.93. The molecule has 1 fully saturated rings. The summed E-state index contributed by atoms with van der Waals surface area (Å²) in [5, 5.41) is 11.5. The number of aryl methyl sites for hydroxylation is 1. The van der Waals surface area contributed by atoms with Crippen LogP contribution in [0.15, 0.2) is 24.5 Å². The van der Waals surface area contributed by atoms with Gasteiger partial charge in [0.1, 0.15) is 10.6 Å². The van der Waals surface area contributed by atoms with Crippen molar-refractivity contribution in [2.45, 2.75) is 45.1 Å². The fourth-order valence-electron chi connectivity index (χ4n) is 4.32. The van der Waals surface area contributed by atoms with Crippen molar-refractivity contribution in [2.75, 3.05) is 18.0 Å². The monoisotopic (exact) mass is 380 g/mol. The molecule has 0 aromatic carbocycles. The van der Waals surface area contributed by atoms with E-state index in [0.29, 0.717) is 6.54 Å². The first-order valence-electron chi connectivity index (χ1n) is 9.84. The van der Waals surface area contributed by atoms with Gasteiger partial charge >= 0.3 is 0 Å². The topological polar surface area (TPSA) is 62.1 Å². The van der Waals surface area contributed by atoms with Crippen LogP contribution in [0.25, 0.3) is 21.6 Å². The Morgan fingerprint density at radius 2 is 2.19 bits per heavy atom. The molecule has 0 unspecified atom stereocenters. The maximum Gasteiger partial charge on any atom is 0.164 e. The Morgan fingerprint density at radius 3 is 3.00 bits per heavy atom. The minimum Gasteiger partial charge on any atom is -0.391 e. The van der Waals surface area contributed by atoms with Gasteiger partial charge in [-0.1, -0.05) is 6.92 Å². The van der Waals surface area contributed by atoms with Crippen molar-refractivity contribution in [1.82, 2.24) is 15.0 Å². The third-order valence-corrected chi connectivity index (χ3v) is 6.90. The van der Waals surface area contributed by atoms with Crippen molar-refractivity contribution in [2.24, 2.45) is 5.92 Å². The summed E-state index contributed by atoms with van der Waals surface area (Å²) in [6.07, 6.45) is 8.67. The molecule has 0 spiro atoms. The van der Waals surface area contributed by atoms with E-state index in [9.17, 15) is 5.11 Å². The number of thiophene rings is 1.